The van der Waals surface area contributed by atoms with Crippen molar-refractivity contribution < 1.29 is 13.9 Å². The van der Waals surface area contributed by atoms with Crippen LogP contribution in [0.15, 0.2) is 59.7 Å². The number of amides is 1. The zero-order valence-electron chi connectivity index (χ0n) is 17.0. The average Bonchev–Trinajstić information content (AvgIpc) is 3.03. The molecule has 1 N–H and O–H groups in total. The highest BCUT2D eigenvalue weighted by Gasteiger charge is 2.16. The molecule has 1 amide bonds. The lowest BCUT2D eigenvalue weighted by molar-refractivity contribution is -0.122. The summed E-state index contributed by atoms with van der Waals surface area (Å²) in [5, 5.41) is 6.92. The van der Waals surface area contributed by atoms with Crippen LogP contribution in [0, 0.1) is 19.7 Å². The second-order valence-electron chi connectivity index (χ2n) is 7.19. The molecular formula is C22H20FN5O3. The van der Waals surface area contributed by atoms with Crippen LogP contribution in [0.4, 0.5) is 4.39 Å². The van der Waals surface area contributed by atoms with E-state index in [1.165, 1.54) is 28.9 Å². The van der Waals surface area contributed by atoms with E-state index < -0.39 is 11.6 Å². The van der Waals surface area contributed by atoms with Gasteiger partial charge in [-0.3, -0.25) is 4.79 Å². The Bertz CT molecular complexity index is 1290. The molecule has 0 saturated carbocycles. The summed E-state index contributed by atoms with van der Waals surface area (Å²) in [4.78, 5) is 29.1. The van der Waals surface area contributed by atoms with Gasteiger partial charge in [0.15, 0.2) is 0 Å². The van der Waals surface area contributed by atoms with E-state index in [1.807, 2.05) is 32.0 Å². The molecule has 0 aliphatic carbocycles. The quantitative estimate of drug-likeness (QED) is 0.517. The van der Waals surface area contributed by atoms with Crippen LogP contribution in [0.2, 0.25) is 0 Å². The van der Waals surface area contributed by atoms with Crippen molar-refractivity contribution >= 4 is 11.6 Å². The van der Waals surface area contributed by atoms with Gasteiger partial charge in [0.25, 0.3) is 5.88 Å². The van der Waals surface area contributed by atoms with E-state index >= 15 is 0 Å². The lowest BCUT2D eigenvalue weighted by Gasteiger charge is -2.07. The zero-order valence-corrected chi connectivity index (χ0v) is 17.0. The largest absolute Gasteiger partial charge is 0.436 e. The van der Waals surface area contributed by atoms with Crippen LogP contribution in [-0.2, 0) is 17.9 Å². The van der Waals surface area contributed by atoms with Gasteiger partial charge in [0.1, 0.15) is 18.1 Å². The van der Waals surface area contributed by atoms with Crippen LogP contribution in [0.5, 0.6) is 11.6 Å². The number of nitrogens with one attached hydrogen (secondary N) is 1. The number of ether oxygens (including phenoxy) is 1. The number of halogens is 1. The second kappa shape index (κ2) is 8.39. The van der Waals surface area contributed by atoms with Crippen LogP contribution >= 0.6 is 0 Å². The molecule has 158 valence electrons. The Morgan fingerprint density at radius 2 is 1.84 bits per heavy atom. The maximum Gasteiger partial charge on any atom is 0.351 e. The number of rotatable bonds is 6. The summed E-state index contributed by atoms with van der Waals surface area (Å²) in [6, 6.07) is 11.5. The Kier molecular flexibility index (Phi) is 5.48. The van der Waals surface area contributed by atoms with Crippen molar-refractivity contribution in [3.05, 3.63) is 87.9 Å². The number of carbonyl (C=O) groups is 1. The van der Waals surface area contributed by atoms with Crippen LogP contribution < -0.4 is 15.7 Å². The third-order valence-corrected chi connectivity index (χ3v) is 4.58. The highest BCUT2D eigenvalue weighted by molar-refractivity contribution is 5.75. The average molecular weight is 421 g/mol. The minimum absolute atomic E-state index is 0.162. The van der Waals surface area contributed by atoms with E-state index in [2.05, 4.69) is 15.4 Å². The monoisotopic (exact) mass is 421 g/mol. The Hall–Kier alpha value is -4.01. The Labute approximate surface area is 176 Å². The van der Waals surface area contributed by atoms with Gasteiger partial charge in [-0.05, 0) is 54.8 Å². The fourth-order valence-corrected chi connectivity index (χ4v) is 3.20. The molecule has 2 heterocycles. The first kappa shape index (κ1) is 20.3. The summed E-state index contributed by atoms with van der Waals surface area (Å²) in [6.45, 7) is 3.85. The van der Waals surface area contributed by atoms with Gasteiger partial charge in [-0.2, -0.15) is 0 Å². The topological polar surface area (TPSA) is 90.5 Å². The minimum Gasteiger partial charge on any atom is -0.436 e. The summed E-state index contributed by atoms with van der Waals surface area (Å²) in [5.41, 5.74) is 2.52. The second-order valence-corrected chi connectivity index (χ2v) is 7.19. The van der Waals surface area contributed by atoms with Crippen molar-refractivity contribution in [3.8, 4) is 11.6 Å². The highest BCUT2D eigenvalue weighted by Crippen LogP contribution is 2.24. The molecule has 8 nitrogen and oxygen atoms in total. The first-order chi connectivity index (χ1) is 14.9. The maximum absolute atomic E-state index is 13.0. The number of hydrogen-bond donors (Lipinski definition) is 1. The molecule has 0 radical (unpaired) electrons. The summed E-state index contributed by atoms with van der Waals surface area (Å²) in [5.74, 6) is -0.00874. The molecule has 2 aromatic heterocycles. The fourth-order valence-electron chi connectivity index (χ4n) is 3.20. The summed E-state index contributed by atoms with van der Waals surface area (Å²) in [6.07, 6.45) is 2.90. The van der Waals surface area contributed by atoms with E-state index in [-0.39, 0.29) is 30.4 Å². The van der Waals surface area contributed by atoms with Gasteiger partial charge in [-0.1, -0.05) is 18.2 Å². The van der Waals surface area contributed by atoms with Crippen molar-refractivity contribution in [2.45, 2.75) is 26.9 Å². The summed E-state index contributed by atoms with van der Waals surface area (Å²) in [7, 11) is 0. The molecule has 0 bridgehead atoms. The molecule has 2 aromatic carbocycles. The molecule has 0 atom stereocenters. The SMILES string of the molecule is Cc1cc(C)cc(Oc2nccn3c(=O)n(CC(=O)NCc4ccc(F)cc4)nc23)c1. The minimum atomic E-state index is -0.486. The van der Waals surface area contributed by atoms with Crippen LogP contribution in [0.25, 0.3) is 5.65 Å². The number of hydrogen-bond acceptors (Lipinski definition) is 5. The molecule has 0 spiro atoms. The van der Waals surface area contributed by atoms with E-state index in [9.17, 15) is 14.0 Å². The van der Waals surface area contributed by atoms with Gasteiger partial charge in [0, 0.05) is 18.9 Å². The number of benzene rings is 2. The van der Waals surface area contributed by atoms with Crippen molar-refractivity contribution in [2.75, 3.05) is 0 Å². The Morgan fingerprint density at radius 1 is 1.13 bits per heavy atom. The summed E-state index contributed by atoms with van der Waals surface area (Å²) >= 11 is 0. The van der Waals surface area contributed by atoms with Crippen molar-refractivity contribution in [2.24, 2.45) is 0 Å². The van der Waals surface area contributed by atoms with Gasteiger partial charge < -0.3 is 10.1 Å². The maximum atomic E-state index is 13.0. The van der Waals surface area contributed by atoms with Crippen molar-refractivity contribution in [3.63, 3.8) is 0 Å². The van der Waals surface area contributed by atoms with Gasteiger partial charge in [-0.25, -0.2) is 23.3 Å². The van der Waals surface area contributed by atoms with E-state index in [1.54, 1.807) is 12.1 Å². The predicted molar refractivity (Wildman–Crippen MR) is 111 cm³/mol. The molecule has 0 fully saturated rings. The Balaban J connectivity index is 1.53. The normalized spacial score (nSPS) is 10.9. The summed E-state index contributed by atoms with van der Waals surface area (Å²) < 4.78 is 21.2. The lowest BCUT2D eigenvalue weighted by atomic mass is 10.1. The molecule has 4 rings (SSSR count). The third kappa shape index (κ3) is 4.61. The van der Waals surface area contributed by atoms with Crippen molar-refractivity contribution in [1.82, 2.24) is 24.5 Å². The number of aryl methyl sites for hydroxylation is 2. The van der Waals surface area contributed by atoms with Gasteiger partial charge >= 0.3 is 5.69 Å². The Morgan fingerprint density at radius 3 is 2.55 bits per heavy atom. The van der Waals surface area contributed by atoms with Gasteiger partial charge in [-0.15, -0.1) is 5.10 Å². The van der Waals surface area contributed by atoms with Gasteiger partial charge in [0.05, 0.1) is 0 Å². The fraction of sp³-hybridized carbons (Fsp3) is 0.182. The predicted octanol–water partition coefficient (Wildman–Crippen LogP) is 2.76. The number of fused-ring (bicyclic) bond motifs is 1. The van der Waals surface area contributed by atoms with Crippen LogP contribution in [-0.4, -0.2) is 25.1 Å². The van der Waals surface area contributed by atoms with Crippen LogP contribution in [0.1, 0.15) is 16.7 Å². The molecule has 0 aliphatic heterocycles. The lowest BCUT2D eigenvalue weighted by Crippen LogP contribution is -2.32. The number of carbonyl (C=O) groups excluding carboxylic acids is 1. The first-order valence-electron chi connectivity index (χ1n) is 9.60. The highest BCUT2D eigenvalue weighted by atomic mass is 19.1. The van der Waals surface area contributed by atoms with E-state index in [4.69, 9.17) is 4.74 Å². The molecule has 0 aliphatic rings. The first-order valence-corrected chi connectivity index (χ1v) is 9.60. The zero-order chi connectivity index (χ0) is 22.0. The number of aromatic nitrogens is 4. The van der Waals surface area contributed by atoms with Crippen LogP contribution in [0.3, 0.4) is 0 Å². The van der Waals surface area contributed by atoms with Gasteiger partial charge in [0.2, 0.25) is 11.6 Å². The molecular weight excluding hydrogens is 401 g/mol. The molecule has 4 aromatic rings. The van der Waals surface area contributed by atoms with E-state index in [0.717, 1.165) is 21.4 Å². The molecule has 0 unspecified atom stereocenters. The third-order valence-electron chi connectivity index (χ3n) is 4.58. The standard InChI is InChI=1S/C22H20FN5O3/c1-14-9-15(2)11-18(10-14)31-21-20-26-28(22(30)27(20)8-7-24-21)13-19(29)25-12-16-3-5-17(23)6-4-16/h3-11H,12-13H2,1-2H3,(H,25,29). The smallest absolute Gasteiger partial charge is 0.351 e. The van der Waals surface area contributed by atoms with E-state index in [0.29, 0.717) is 5.75 Å². The molecule has 0 saturated heterocycles. The number of nitrogens with zero attached hydrogens (tertiary/aromatic N) is 4. The molecule has 9 heteroatoms. The molecule has 31 heavy (non-hydrogen) atoms. The van der Waals surface area contributed by atoms with Crippen molar-refractivity contribution in [1.29, 1.82) is 0 Å².